The summed E-state index contributed by atoms with van der Waals surface area (Å²) in [4.78, 5) is 0. The molecule has 4 rings (SSSR count). The van der Waals surface area contributed by atoms with Crippen LogP contribution in [0.5, 0.6) is 11.5 Å². The summed E-state index contributed by atoms with van der Waals surface area (Å²) in [7, 11) is 0. The Bertz CT molecular complexity index is 881. The van der Waals surface area contributed by atoms with Crippen LogP contribution in [0.2, 0.25) is 0 Å². The van der Waals surface area contributed by atoms with Crippen molar-refractivity contribution in [1.29, 1.82) is 0 Å². The van der Waals surface area contributed by atoms with Gasteiger partial charge in [-0.25, -0.2) is 0 Å². The molecule has 1 aliphatic carbocycles. The third kappa shape index (κ3) is 4.02. The van der Waals surface area contributed by atoms with E-state index in [9.17, 15) is 0 Å². The van der Waals surface area contributed by atoms with E-state index < -0.39 is 0 Å². The molecule has 0 N–H and O–H groups in total. The molecule has 3 atom stereocenters. The first-order chi connectivity index (χ1) is 13.2. The Morgan fingerprint density at radius 3 is 2.26 bits per heavy atom. The number of hydrogen-bond donors (Lipinski definition) is 0. The van der Waals surface area contributed by atoms with Gasteiger partial charge >= 0.3 is 0 Å². The van der Waals surface area contributed by atoms with Crippen LogP contribution in [0, 0.1) is 5.41 Å². The summed E-state index contributed by atoms with van der Waals surface area (Å²) in [6.45, 7) is 3.40. The third-order valence-corrected chi connectivity index (χ3v) is 5.99. The SMILES string of the molecule is C[C@]1(COCc2cccc(Oc3ccccc3)c2)[C@H](Cl)[C@H]1c1ccccc1. The molecule has 0 unspecified atom stereocenters. The molecule has 3 aromatic rings. The van der Waals surface area contributed by atoms with Crippen LogP contribution in [-0.2, 0) is 11.3 Å². The third-order valence-electron chi connectivity index (χ3n) is 5.24. The maximum atomic E-state index is 6.59. The van der Waals surface area contributed by atoms with Gasteiger partial charge in [-0.15, -0.1) is 11.6 Å². The van der Waals surface area contributed by atoms with Gasteiger partial charge in [0.05, 0.1) is 13.2 Å². The molecule has 0 saturated heterocycles. The van der Waals surface area contributed by atoms with E-state index in [4.69, 9.17) is 21.1 Å². The number of benzene rings is 3. The lowest BCUT2D eigenvalue weighted by Crippen LogP contribution is -2.10. The highest BCUT2D eigenvalue weighted by molar-refractivity contribution is 6.24. The first-order valence-electron chi connectivity index (χ1n) is 9.25. The summed E-state index contributed by atoms with van der Waals surface area (Å²) in [6.07, 6.45) is 0. The van der Waals surface area contributed by atoms with E-state index in [-0.39, 0.29) is 10.8 Å². The number of rotatable bonds is 7. The van der Waals surface area contributed by atoms with Crippen LogP contribution in [0.4, 0.5) is 0 Å². The first-order valence-corrected chi connectivity index (χ1v) is 9.69. The molecule has 0 aliphatic heterocycles. The average molecular weight is 379 g/mol. The van der Waals surface area contributed by atoms with Gasteiger partial charge in [-0.3, -0.25) is 0 Å². The molecule has 1 aliphatic rings. The number of hydrogen-bond acceptors (Lipinski definition) is 2. The van der Waals surface area contributed by atoms with E-state index in [1.54, 1.807) is 0 Å². The minimum absolute atomic E-state index is 0.0128. The molecule has 0 spiro atoms. The smallest absolute Gasteiger partial charge is 0.127 e. The van der Waals surface area contributed by atoms with E-state index in [0.717, 1.165) is 17.1 Å². The molecule has 0 bridgehead atoms. The predicted molar refractivity (Wildman–Crippen MR) is 110 cm³/mol. The Morgan fingerprint density at radius 1 is 0.852 bits per heavy atom. The normalized spacial score (nSPS) is 23.8. The van der Waals surface area contributed by atoms with Gasteiger partial charge in [0.25, 0.3) is 0 Å². The largest absolute Gasteiger partial charge is 0.457 e. The standard InChI is InChI=1S/C24H23ClO2/c1-24(22(23(24)25)19-10-4-2-5-11-19)17-26-16-18-9-8-14-21(15-18)27-20-12-6-3-7-13-20/h2-15,22-23H,16-17H2,1H3/t22-,23-,24-/m1/s1. The Kier molecular flexibility index (Phi) is 5.20. The zero-order chi connectivity index (χ0) is 18.7. The number of halogens is 1. The second kappa shape index (κ2) is 7.75. The van der Waals surface area contributed by atoms with Crippen LogP contribution in [0.25, 0.3) is 0 Å². The number of alkyl halides is 1. The van der Waals surface area contributed by atoms with Crippen molar-refractivity contribution in [3.8, 4) is 11.5 Å². The highest BCUT2D eigenvalue weighted by Crippen LogP contribution is 2.62. The van der Waals surface area contributed by atoms with Gasteiger partial charge in [0.1, 0.15) is 11.5 Å². The predicted octanol–water partition coefficient (Wildman–Crippen LogP) is 6.41. The van der Waals surface area contributed by atoms with E-state index in [1.807, 2.05) is 54.6 Å². The van der Waals surface area contributed by atoms with Crippen molar-refractivity contribution in [2.75, 3.05) is 6.61 Å². The van der Waals surface area contributed by atoms with Gasteiger partial charge < -0.3 is 9.47 Å². The monoisotopic (exact) mass is 378 g/mol. The lowest BCUT2D eigenvalue weighted by Gasteiger charge is -2.13. The van der Waals surface area contributed by atoms with Crippen LogP contribution in [0.15, 0.2) is 84.9 Å². The molecule has 0 radical (unpaired) electrons. The molecule has 27 heavy (non-hydrogen) atoms. The first kappa shape index (κ1) is 18.1. The summed E-state index contributed by atoms with van der Waals surface area (Å²) in [5, 5.41) is 0.118. The van der Waals surface area contributed by atoms with Gasteiger partial charge in [-0.2, -0.15) is 0 Å². The Labute approximate surface area is 165 Å². The van der Waals surface area contributed by atoms with Crippen molar-refractivity contribution in [3.63, 3.8) is 0 Å². The van der Waals surface area contributed by atoms with Crippen LogP contribution in [0.1, 0.15) is 24.0 Å². The molecular weight excluding hydrogens is 356 g/mol. The van der Waals surface area contributed by atoms with E-state index >= 15 is 0 Å². The van der Waals surface area contributed by atoms with E-state index in [2.05, 4.69) is 37.3 Å². The van der Waals surface area contributed by atoms with Crippen molar-refractivity contribution < 1.29 is 9.47 Å². The quantitative estimate of drug-likeness (QED) is 0.442. The van der Waals surface area contributed by atoms with Crippen molar-refractivity contribution >= 4 is 11.6 Å². The highest BCUT2D eigenvalue weighted by atomic mass is 35.5. The summed E-state index contributed by atoms with van der Waals surface area (Å²) >= 11 is 6.59. The van der Waals surface area contributed by atoms with Crippen molar-refractivity contribution in [2.24, 2.45) is 5.41 Å². The molecule has 1 saturated carbocycles. The Balaban J connectivity index is 1.34. The van der Waals surface area contributed by atoms with Crippen LogP contribution < -0.4 is 4.74 Å². The van der Waals surface area contributed by atoms with Crippen LogP contribution >= 0.6 is 11.6 Å². The lowest BCUT2D eigenvalue weighted by atomic mass is 10.0. The van der Waals surface area contributed by atoms with Crippen LogP contribution in [0.3, 0.4) is 0 Å². The minimum Gasteiger partial charge on any atom is -0.457 e. The molecule has 3 heteroatoms. The summed E-state index contributed by atoms with van der Waals surface area (Å²) in [6, 6.07) is 28.3. The molecule has 0 amide bonds. The number of para-hydroxylation sites is 1. The van der Waals surface area contributed by atoms with E-state index in [1.165, 1.54) is 5.56 Å². The molecule has 0 aromatic heterocycles. The van der Waals surface area contributed by atoms with Crippen molar-refractivity contribution in [2.45, 2.75) is 24.8 Å². The summed E-state index contributed by atoms with van der Waals surface area (Å²) < 4.78 is 11.9. The fraction of sp³-hybridized carbons (Fsp3) is 0.250. The fourth-order valence-electron chi connectivity index (χ4n) is 3.60. The highest BCUT2D eigenvalue weighted by Gasteiger charge is 2.61. The zero-order valence-electron chi connectivity index (χ0n) is 15.3. The van der Waals surface area contributed by atoms with Gasteiger partial charge in [-0.05, 0) is 35.4 Å². The summed E-state index contributed by atoms with van der Waals surface area (Å²) in [5.41, 5.74) is 2.37. The van der Waals surface area contributed by atoms with Gasteiger partial charge in [0.15, 0.2) is 0 Å². The average Bonchev–Trinajstić information content (AvgIpc) is 3.24. The Morgan fingerprint density at radius 2 is 1.52 bits per heavy atom. The van der Waals surface area contributed by atoms with Gasteiger partial charge in [0.2, 0.25) is 0 Å². The maximum Gasteiger partial charge on any atom is 0.127 e. The Hall–Kier alpha value is -2.29. The molecule has 2 nitrogen and oxygen atoms in total. The molecule has 138 valence electrons. The fourth-order valence-corrected chi connectivity index (χ4v) is 4.16. The topological polar surface area (TPSA) is 18.5 Å². The van der Waals surface area contributed by atoms with Gasteiger partial charge in [0, 0.05) is 16.7 Å². The second-order valence-corrected chi connectivity index (χ2v) is 7.82. The lowest BCUT2D eigenvalue weighted by molar-refractivity contribution is 0.0823. The van der Waals surface area contributed by atoms with Crippen molar-refractivity contribution in [1.82, 2.24) is 0 Å². The maximum absolute atomic E-state index is 6.59. The van der Waals surface area contributed by atoms with Crippen LogP contribution in [-0.4, -0.2) is 12.0 Å². The van der Waals surface area contributed by atoms with E-state index in [0.29, 0.717) is 19.1 Å². The number of ether oxygens (including phenoxy) is 2. The molecule has 0 heterocycles. The van der Waals surface area contributed by atoms with Gasteiger partial charge in [-0.1, -0.05) is 67.6 Å². The molecule has 3 aromatic carbocycles. The summed E-state index contributed by atoms with van der Waals surface area (Å²) in [5.74, 6) is 2.00. The zero-order valence-corrected chi connectivity index (χ0v) is 16.1. The molecular formula is C24H23ClO2. The van der Waals surface area contributed by atoms with Crippen molar-refractivity contribution in [3.05, 3.63) is 96.1 Å². The molecule has 1 fully saturated rings. The second-order valence-electron chi connectivity index (χ2n) is 7.35. The minimum atomic E-state index is -0.0128.